The van der Waals surface area contributed by atoms with Crippen LogP contribution in [0.25, 0.3) is 0 Å². The number of likely N-dealkylation sites (N-methyl/N-ethyl adjacent to an activating group) is 1. The van der Waals surface area contributed by atoms with Crippen LogP contribution in [0.4, 0.5) is 10.1 Å². The predicted octanol–water partition coefficient (Wildman–Crippen LogP) is 4.60. The smallest absolute Gasteiger partial charge is 0.224 e. The average molecular weight is 430 g/mol. The van der Waals surface area contributed by atoms with E-state index in [1.807, 2.05) is 37.3 Å². The molecule has 0 bridgehead atoms. The van der Waals surface area contributed by atoms with E-state index >= 15 is 0 Å². The first kappa shape index (κ1) is 21.1. The third kappa shape index (κ3) is 4.47. The lowest BCUT2D eigenvalue weighted by Crippen LogP contribution is -2.46. The maximum Gasteiger partial charge on any atom is 0.224 e. The highest BCUT2D eigenvalue weighted by molar-refractivity contribution is 6.31. The first-order chi connectivity index (χ1) is 14.5. The van der Waals surface area contributed by atoms with E-state index in [9.17, 15) is 9.18 Å². The largest absolute Gasteiger partial charge is 0.369 e. The van der Waals surface area contributed by atoms with Crippen molar-refractivity contribution in [2.75, 3.05) is 37.6 Å². The number of rotatable bonds is 6. The summed E-state index contributed by atoms with van der Waals surface area (Å²) in [7, 11) is 0. The lowest BCUT2D eigenvalue weighted by Gasteiger charge is -2.37. The van der Waals surface area contributed by atoms with E-state index in [1.54, 1.807) is 6.07 Å². The van der Waals surface area contributed by atoms with Crippen molar-refractivity contribution >= 4 is 23.2 Å². The SMILES string of the molecule is CCN1CCN(c2ccc(F)cc2C(C)NC(=O)C2CC2c2ccccc2Cl)CC1. The molecule has 2 aromatic rings. The number of piperazine rings is 1. The number of carbonyl (C=O) groups is 1. The number of halogens is 2. The lowest BCUT2D eigenvalue weighted by molar-refractivity contribution is -0.123. The molecule has 0 spiro atoms. The summed E-state index contributed by atoms with van der Waals surface area (Å²) >= 11 is 6.29. The van der Waals surface area contributed by atoms with Crippen molar-refractivity contribution in [3.63, 3.8) is 0 Å². The second-order valence-corrected chi connectivity index (χ2v) is 8.73. The van der Waals surface area contributed by atoms with Gasteiger partial charge in [-0.3, -0.25) is 4.79 Å². The van der Waals surface area contributed by atoms with E-state index in [0.29, 0.717) is 5.02 Å². The van der Waals surface area contributed by atoms with Gasteiger partial charge in [-0.05, 0) is 55.6 Å². The normalized spacial score (nSPS) is 22.6. The van der Waals surface area contributed by atoms with Gasteiger partial charge in [-0.15, -0.1) is 0 Å². The van der Waals surface area contributed by atoms with Crippen molar-refractivity contribution in [2.45, 2.75) is 32.2 Å². The van der Waals surface area contributed by atoms with E-state index in [-0.39, 0.29) is 29.6 Å². The summed E-state index contributed by atoms with van der Waals surface area (Å²) in [6.45, 7) is 8.96. The first-order valence-corrected chi connectivity index (χ1v) is 11.2. The minimum Gasteiger partial charge on any atom is -0.369 e. The molecule has 160 valence electrons. The van der Waals surface area contributed by atoms with Crippen LogP contribution in [0, 0.1) is 11.7 Å². The topological polar surface area (TPSA) is 35.6 Å². The first-order valence-electron chi connectivity index (χ1n) is 10.8. The van der Waals surface area contributed by atoms with E-state index in [4.69, 9.17) is 11.6 Å². The van der Waals surface area contributed by atoms with Gasteiger partial charge < -0.3 is 15.1 Å². The molecular formula is C24H29ClFN3O. The maximum atomic E-state index is 14.1. The summed E-state index contributed by atoms with van der Waals surface area (Å²) in [5, 5.41) is 3.83. The molecule has 30 heavy (non-hydrogen) atoms. The van der Waals surface area contributed by atoms with Gasteiger partial charge in [0, 0.05) is 48.4 Å². The number of nitrogens with zero attached hydrogens (tertiary/aromatic N) is 2. The second-order valence-electron chi connectivity index (χ2n) is 8.32. The lowest BCUT2D eigenvalue weighted by atomic mass is 10.0. The van der Waals surface area contributed by atoms with Gasteiger partial charge in [-0.25, -0.2) is 4.39 Å². The van der Waals surface area contributed by atoms with Crippen molar-refractivity contribution in [2.24, 2.45) is 5.92 Å². The number of carbonyl (C=O) groups excluding carboxylic acids is 1. The highest BCUT2D eigenvalue weighted by Gasteiger charge is 2.45. The molecular weight excluding hydrogens is 401 g/mol. The molecule has 6 heteroatoms. The zero-order valence-electron chi connectivity index (χ0n) is 17.6. The quantitative estimate of drug-likeness (QED) is 0.728. The maximum absolute atomic E-state index is 14.1. The monoisotopic (exact) mass is 429 g/mol. The second kappa shape index (κ2) is 8.94. The van der Waals surface area contributed by atoms with Crippen LogP contribution in [0.5, 0.6) is 0 Å². The van der Waals surface area contributed by atoms with Gasteiger partial charge >= 0.3 is 0 Å². The van der Waals surface area contributed by atoms with E-state index < -0.39 is 0 Å². The van der Waals surface area contributed by atoms with E-state index in [0.717, 1.165) is 56.0 Å². The summed E-state index contributed by atoms with van der Waals surface area (Å²) in [5.41, 5.74) is 2.88. The standard InChI is InChI=1S/C24H29ClFN3O/c1-3-28-10-12-29(13-11-28)23-9-8-17(26)14-19(23)16(2)27-24(30)21-15-20(21)18-6-4-5-7-22(18)25/h4-9,14,16,20-21H,3,10-13,15H2,1-2H3,(H,27,30). The molecule has 1 heterocycles. The summed E-state index contributed by atoms with van der Waals surface area (Å²) in [5.74, 6) is -0.168. The molecule has 1 N–H and O–H groups in total. The highest BCUT2D eigenvalue weighted by Crippen LogP contribution is 2.49. The fraction of sp³-hybridized carbons (Fsp3) is 0.458. The van der Waals surface area contributed by atoms with Crippen LogP contribution in [0.3, 0.4) is 0 Å². The molecule has 1 saturated heterocycles. The Labute approximate surface area is 183 Å². The molecule has 4 rings (SSSR count). The zero-order chi connectivity index (χ0) is 21.3. The van der Waals surface area contributed by atoms with Crippen molar-refractivity contribution in [3.05, 3.63) is 64.4 Å². The number of anilines is 1. The Morgan fingerprint density at radius 3 is 2.63 bits per heavy atom. The Kier molecular flexibility index (Phi) is 6.30. The average Bonchev–Trinajstić information content (AvgIpc) is 3.55. The molecule has 4 nitrogen and oxygen atoms in total. The van der Waals surface area contributed by atoms with Crippen LogP contribution in [-0.2, 0) is 4.79 Å². The number of amides is 1. The molecule has 1 amide bonds. The third-order valence-electron chi connectivity index (χ3n) is 6.41. The summed E-state index contributed by atoms with van der Waals surface area (Å²) in [6, 6.07) is 12.4. The van der Waals surface area contributed by atoms with Crippen LogP contribution >= 0.6 is 11.6 Å². The predicted molar refractivity (Wildman–Crippen MR) is 120 cm³/mol. The number of hydrogen-bond acceptors (Lipinski definition) is 3. The fourth-order valence-corrected chi connectivity index (χ4v) is 4.74. The molecule has 0 radical (unpaired) electrons. The van der Waals surface area contributed by atoms with Gasteiger partial charge in [-0.1, -0.05) is 36.7 Å². The van der Waals surface area contributed by atoms with Crippen molar-refractivity contribution in [3.8, 4) is 0 Å². The Bertz CT molecular complexity index is 913. The Morgan fingerprint density at radius 1 is 1.20 bits per heavy atom. The van der Waals surface area contributed by atoms with Crippen LogP contribution in [-0.4, -0.2) is 43.5 Å². The molecule has 2 fully saturated rings. The van der Waals surface area contributed by atoms with Crippen LogP contribution in [0.1, 0.15) is 43.4 Å². The van der Waals surface area contributed by atoms with Crippen molar-refractivity contribution in [1.82, 2.24) is 10.2 Å². The third-order valence-corrected chi connectivity index (χ3v) is 6.75. The van der Waals surface area contributed by atoms with Crippen LogP contribution < -0.4 is 10.2 Å². The van der Waals surface area contributed by atoms with Gasteiger partial charge in [0.1, 0.15) is 5.82 Å². The van der Waals surface area contributed by atoms with E-state index in [2.05, 4.69) is 22.0 Å². The number of nitrogens with one attached hydrogen (secondary N) is 1. The number of benzene rings is 2. The summed E-state index contributed by atoms with van der Waals surface area (Å²) < 4.78 is 14.1. The van der Waals surface area contributed by atoms with Crippen LogP contribution in [0.2, 0.25) is 5.02 Å². The molecule has 1 aliphatic heterocycles. The van der Waals surface area contributed by atoms with Crippen LogP contribution in [0.15, 0.2) is 42.5 Å². The van der Waals surface area contributed by atoms with Gasteiger partial charge in [0.05, 0.1) is 6.04 Å². The fourth-order valence-electron chi connectivity index (χ4n) is 4.47. The molecule has 1 saturated carbocycles. The van der Waals surface area contributed by atoms with Crippen molar-refractivity contribution in [1.29, 1.82) is 0 Å². The Morgan fingerprint density at radius 2 is 1.93 bits per heavy atom. The van der Waals surface area contributed by atoms with Crippen molar-refractivity contribution < 1.29 is 9.18 Å². The molecule has 1 aliphatic carbocycles. The molecule has 2 aliphatic rings. The molecule has 3 unspecified atom stereocenters. The van der Waals surface area contributed by atoms with Gasteiger partial charge in [0.2, 0.25) is 5.91 Å². The molecule has 3 atom stereocenters. The minimum atomic E-state index is -0.276. The van der Waals surface area contributed by atoms with Gasteiger partial charge in [-0.2, -0.15) is 0 Å². The molecule has 2 aromatic carbocycles. The van der Waals surface area contributed by atoms with E-state index in [1.165, 1.54) is 6.07 Å². The summed E-state index contributed by atoms with van der Waals surface area (Å²) in [4.78, 5) is 17.6. The number of hydrogen-bond donors (Lipinski definition) is 1. The molecule has 0 aromatic heterocycles. The Hall–Kier alpha value is -2.11. The summed E-state index contributed by atoms with van der Waals surface area (Å²) in [6.07, 6.45) is 0.803. The highest BCUT2D eigenvalue weighted by atomic mass is 35.5. The minimum absolute atomic E-state index is 0.0124. The Balaban J connectivity index is 1.45. The zero-order valence-corrected chi connectivity index (χ0v) is 18.3. The van der Waals surface area contributed by atoms with Gasteiger partial charge in [0.25, 0.3) is 0 Å². The van der Waals surface area contributed by atoms with Gasteiger partial charge in [0.15, 0.2) is 0 Å².